The molecule has 1 aliphatic heterocycles. The second-order valence-corrected chi connectivity index (χ2v) is 6.73. The number of carbonyl (C=O) groups excluding carboxylic acids is 1. The van der Waals surface area contributed by atoms with Gasteiger partial charge in [-0.1, -0.05) is 6.07 Å². The summed E-state index contributed by atoms with van der Waals surface area (Å²) >= 11 is 1.69. The summed E-state index contributed by atoms with van der Waals surface area (Å²) in [6.45, 7) is 4.71. The van der Waals surface area contributed by atoms with Crippen molar-refractivity contribution in [2.24, 2.45) is 0 Å². The number of nitrogens with two attached hydrogens (primary N) is 1. The van der Waals surface area contributed by atoms with Crippen LogP contribution in [0.4, 0.5) is 10.8 Å². The lowest BCUT2D eigenvalue weighted by Gasteiger charge is -2.12. The predicted octanol–water partition coefficient (Wildman–Crippen LogP) is 2.61. The van der Waals surface area contributed by atoms with E-state index in [1.165, 1.54) is 12.8 Å². The van der Waals surface area contributed by atoms with Gasteiger partial charge in [-0.2, -0.15) is 0 Å². The van der Waals surface area contributed by atoms with Crippen LogP contribution in [0.2, 0.25) is 0 Å². The van der Waals surface area contributed by atoms with E-state index in [1.807, 2.05) is 13.0 Å². The van der Waals surface area contributed by atoms with E-state index in [9.17, 15) is 4.79 Å². The molecule has 1 aromatic carbocycles. The van der Waals surface area contributed by atoms with Crippen LogP contribution < -0.4 is 16.0 Å². The Labute approximate surface area is 140 Å². The average molecular weight is 330 g/mol. The van der Waals surface area contributed by atoms with Crippen LogP contribution in [-0.4, -0.2) is 30.5 Å². The van der Waals surface area contributed by atoms with E-state index in [0.29, 0.717) is 17.8 Å². The molecule has 0 bridgehead atoms. The fourth-order valence-corrected chi connectivity index (χ4v) is 3.66. The number of carbonyl (C=O) groups is 1. The number of nitrogen functional groups attached to an aromatic ring is 1. The molecule has 23 heavy (non-hydrogen) atoms. The summed E-state index contributed by atoms with van der Waals surface area (Å²) in [7, 11) is 0. The molecular weight excluding hydrogens is 308 g/mol. The summed E-state index contributed by atoms with van der Waals surface area (Å²) in [4.78, 5) is 19.2. The fourth-order valence-electron chi connectivity index (χ4n) is 2.75. The Kier molecular flexibility index (Phi) is 4.81. The lowest BCUT2D eigenvalue weighted by molar-refractivity contribution is 0.0953. The number of thiazole rings is 1. The van der Waals surface area contributed by atoms with Gasteiger partial charge in [0.15, 0.2) is 5.13 Å². The molecule has 3 rings (SSSR count). The molecule has 122 valence electrons. The number of nitrogens with one attached hydrogen (secondary N) is 1. The minimum Gasteiger partial charge on any atom is -0.399 e. The topological polar surface area (TPSA) is 71.2 Å². The minimum absolute atomic E-state index is 0.0789. The van der Waals surface area contributed by atoms with Crippen molar-refractivity contribution in [1.29, 1.82) is 0 Å². The lowest BCUT2D eigenvalue weighted by Crippen LogP contribution is -2.26. The van der Waals surface area contributed by atoms with Gasteiger partial charge in [-0.05, 0) is 37.5 Å². The van der Waals surface area contributed by atoms with Crippen molar-refractivity contribution >= 4 is 28.1 Å². The third kappa shape index (κ3) is 3.82. The largest absolute Gasteiger partial charge is 0.399 e. The second kappa shape index (κ2) is 7.00. The molecule has 1 amide bonds. The van der Waals surface area contributed by atoms with Crippen molar-refractivity contribution in [3.05, 3.63) is 40.4 Å². The number of hydrogen-bond donors (Lipinski definition) is 2. The van der Waals surface area contributed by atoms with E-state index in [1.54, 1.807) is 23.5 Å². The van der Waals surface area contributed by atoms with Crippen molar-refractivity contribution < 1.29 is 4.79 Å². The van der Waals surface area contributed by atoms with Crippen molar-refractivity contribution in [3.8, 4) is 0 Å². The maximum Gasteiger partial charge on any atom is 0.251 e. The summed E-state index contributed by atoms with van der Waals surface area (Å²) in [5, 5.41) is 6.15. The Morgan fingerprint density at radius 1 is 1.39 bits per heavy atom. The van der Waals surface area contributed by atoms with Gasteiger partial charge in [0.1, 0.15) is 0 Å². The van der Waals surface area contributed by atoms with Gasteiger partial charge in [0.25, 0.3) is 5.91 Å². The zero-order valence-electron chi connectivity index (χ0n) is 13.3. The summed E-state index contributed by atoms with van der Waals surface area (Å²) in [6, 6.07) is 5.40. The SMILES string of the molecule is Cc1ccc(N)cc1C(=O)NCCc1csc(N2CCCC2)n1. The van der Waals surface area contributed by atoms with E-state index in [0.717, 1.165) is 35.9 Å². The predicted molar refractivity (Wildman–Crippen MR) is 95.2 cm³/mol. The molecule has 0 radical (unpaired) electrons. The highest BCUT2D eigenvalue weighted by atomic mass is 32.1. The highest BCUT2D eigenvalue weighted by Crippen LogP contribution is 2.24. The van der Waals surface area contributed by atoms with E-state index in [2.05, 4.69) is 20.6 Å². The van der Waals surface area contributed by atoms with Gasteiger partial charge in [0, 0.05) is 42.7 Å². The summed E-state index contributed by atoms with van der Waals surface area (Å²) in [5.74, 6) is -0.0789. The molecule has 0 atom stereocenters. The smallest absolute Gasteiger partial charge is 0.251 e. The Morgan fingerprint density at radius 2 is 2.17 bits per heavy atom. The van der Waals surface area contributed by atoms with Crippen LogP contribution >= 0.6 is 11.3 Å². The molecule has 0 aliphatic carbocycles. The normalized spacial score (nSPS) is 14.2. The third-order valence-electron chi connectivity index (χ3n) is 4.09. The van der Waals surface area contributed by atoms with Crippen LogP contribution in [0.5, 0.6) is 0 Å². The Bertz CT molecular complexity index is 692. The van der Waals surface area contributed by atoms with E-state index in [-0.39, 0.29) is 5.91 Å². The summed E-state index contributed by atoms with van der Waals surface area (Å²) in [5.41, 5.74) is 8.98. The first-order chi connectivity index (χ1) is 11.1. The molecule has 0 spiro atoms. The molecule has 1 fully saturated rings. The molecule has 3 N–H and O–H groups in total. The first kappa shape index (κ1) is 15.8. The van der Waals surface area contributed by atoms with E-state index >= 15 is 0 Å². The first-order valence-corrected chi connectivity index (χ1v) is 8.85. The number of nitrogens with zero attached hydrogens (tertiary/aromatic N) is 2. The van der Waals surface area contributed by atoms with E-state index in [4.69, 9.17) is 5.73 Å². The van der Waals surface area contributed by atoms with Crippen molar-refractivity contribution in [3.63, 3.8) is 0 Å². The Hall–Kier alpha value is -2.08. The van der Waals surface area contributed by atoms with Gasteiger partial charge in [-0.15, -0.1) is 11.3 Å². The number of amides is 1. The molecule has 0 saturated carbocycles. The molecular formula is C17H22N4OS. The number of aromatic nitrogens is 1. The molecule has 5 nitrogen and oxygen atoms in total. The molecule has 0 unspecified atom stereocenters. The van der Waals surface area contributed by atoms with E-state index < -0.39 is 0 Å². The van der Waals surface area contributed by atoms with Gasteiger partial charge < -0.3 is 16.0 Å². The van der Waals surface area contributed by atoms with Crippen LogP contribution in [-0.2, 0) is 6.42 Å². The van der Waals surface area contributed by atoms with Crippen LogP contribution in [0.25, 0.3) is 0 Å². The molecule has 6 heteroatoms. The Morgan fingerprint density at radius 3 is 2.96 bits per heavy atom. The number of anilines is 2. The zero-order valence-corrected chi connectivity index (χ0v) is 14.2. The van der Waals surface area contributed by atoms with Gasteiger partial charge >= 0.3 is 0 Å². The monoisotopic (exact) mass is 330 g/mol. The molecule has 1 aromatic heterocycles. The highest BCUT2D eigenvalue weighted by Gasteiger charge is 2.15. The van der Waals surface area contributed by atoms with Crippen LogP contribution in [0.1, 0.15) is 34.5 Å². The number of benzene rings is 1. The number of hydrogen-bond acceptors (Lipinski definition) is 5. The highest BCUT2D eigenvalue weighted by molar-refractivity contribution is 7.13. The quantitative estimate of drug-likeness (QED) is 0.827. The standard InChI is InChI=1S/C17H22N4OS/c1-12-4-5-13(18)10-15(12)16(22)19-7-6-14-11-23-17(20-14)21-8-2-3-9-21/h4-5,10-11H,2-3,6-9,18H2,1H3,(H,19,22). The van der Waals surface area contributed by atoms with Gasteiger partial charge in [0.05, 0.1) is 5.69 Å². The number of rotatable bonds is 5. The zero-order chi connectivity index (χ0) is 16.2. The molecule has 1 aliphatic rings. The number of aryl methyl sites for hydroxylation is 1. The maximum atomic E-state index is 12.2. The molecule has 1 saturated heterocycles. The second-order valence-electron chi connectivity index (χ2n) is 5.90. The minimum atomic E-state index is -0.0789. The molecule has 2 aromatic rings. The first-order valence-electron chi connectivity index (χ1n) is 7.97. The summed E-state index contributed by atoms with van der Waals surface area (Å²) < 4.78 is 0. The third-order valence-corrected chi connectivity index (χ3v) is 5.04. The average Bonchev–Trinajstić information content (AvgIpc) is 3.20. The van der Waals surface area contributed by atoms with Crippen LogP contribution in [0.3, 0.4) is 0 Å². The van der Waals surface area contributed by atoms with Crippen molar-refractivity contribution in [2.45, 2.75) is 26.2 Å². The maximum absolute atomic E-state index is 12.2. The van der Waals surface area contributed by atoms with Crippen LogP contribution in [0.15, 0.2) is 23.6 Å². The van der Waals surface area contributed by atoms with Crippen molar-refractivity contribution in [1.82, 2.24) is 10.3 Å². The van der Waals surface area contributed by atoms with Gasteiger partial charge in [0.2, 0.25) is 0 Å². The summed E-state index contributed by atoms with van der Waals surface area (Å²) in [6.07, 6.45) is 3.26. The van der Waals surface area contributed by atoms with Crippen LogP contribution in [0, 0.1) is 6.92 Å². The van der Waals surface area contributed by atoms with Gasteiger partial charge in [-0.3, -0.25) is 4.79 Å². The Balaban J connectivity index is 1.53. The van der Waals surface area contributed by atoms with Crippen molar-refractivity contribution in [2.75, 3.05) is 30.3 Å². The van der Waals surface area contributed by atoms with Gasteiger partial charge in [-0.25, -0.2) is 4.98 Å². The lowest BCUT2D eigenvalue weighted by atomic mass is 10.1. The molecule has 2 heterocycles. The fraction of sp³-hybridized carbons (Fsp3) is 0.412.